The lowest BCUT2D eigenvalue weighted by Crippen LogP contribution is -2.47. The Labute approximate surface area is 180 Å². The SMILES string of the molecule is O=C(c1ccncc1)N1C[C@@H](c2ccsc2)[C@@H]2CN(Cc3ccc(F)cc3)CC[C@@H]21. The lowest BCUT2D eigenvalue weighted by atomic mass is 9.82. The van der Waals surface area contributed by atoms with Crippen LogP contribution in [0.3, 0.4) is 0 Å². The molecule has 154 valence electrons. The van der Waals surface area contributed by atoms with E-state index in [-0.39, 0.29) is 17.8 Å². The van der Waals surface area contributed by atoms with Gasteiger partial charge in [-0.3, -0.25) is 14.7 Å². The smallest absolute Gasteiger partial charge is 0.254 e. The molecule has 5 rings (SSSR count). The molecule has 0 N–H and O–H groups in total. The number of carbonyl (C=O) groups excluding carboxylic acids is 1. The number of piperidine rings is 1. The number of aromatic nitrogens is 1. The van der Waals surface area contributed by atoms with E-state index in [9.17, 15) is 9.18 Å². The first kappa shape index (κ1) is 19.4. The predicted octanol–water partition coefficient (Wildman–Crippen LogP) is 4.41. The van der Waals surface area contributed by atoms with Gasteiger partial charge in [0, 0.05) is 62.0 Å². The summed E-state index contributed by atoms with van der Waals surface area (Å²) in [7, 11) is 0. The number of nitrogens with zero attached hydrogens (tertiary/aromatic N) is 3. The number of likely N-dealkylation sites (tertiary alicyclic amines) is 2. The number of halogens is 1. The summed E-state index contributed by atoms with van der Waals surface area (Å²) in [5.41, 5.74) is 3.18. The van der Waals surface area contributed by atoms with E-state index >= 15 is 0 Å². The highest BCUT2D eigenvalue weighted by atomic mass is 32.1. The Kier molecular flexibility index (Phi) is 5.35. The fourth-order valence-electron chi connectivity index (χ4n) is 5.03. The summed E-state index contributed by atoms with van der Waals surface area (Å²) < 4.78 is 13.3. The molecule has 2 saturated heterocycles. The molecule has 3 atom stereocenters. The van der Waals surface area contributed by atoms with Gasteiger partial charge in [-0.1, -0.05) is 12.1 Å². The van der Waals surface area contributed by atoms with Crippen LogP contribution in [-0.2, 0) is 6.54 Å². The zero-order valence-electron chi connectivity index (χ0n) is 16.7. The van der Waals surface area contributed by atoms with Crippen molar-refractivity contribution in [2.75, 3.05) is 19.6 Å². The van der Waals surface area contributed by atoms with Crippen molar-refractivity contribution in [3.05, 3.63) is 88.1 Å². The molecular weight excluding hydrogens is 397 g/mol. The number of benzene rings is 1. The highest BCUT2D eigenvalue weighted by molar-refractivity contribution is 7.08. The summed E-state index contributed by atoms with van der Waals surface area (Å²) in [6.45, 7) is 3.47. The summed E-state index contributed by atoms with van der Waals surface area (Å²) in [5.74, 6) is 0.663. The second-order valence-corrected chi connectivity index (χ2v) is 9.02. The van der Waals surface area contributed by atoms with E-state index in [0.29, 0.717) is 17.4 Å². The molecule has 2 aromatic heterocycles. The van der Waals surface area contributed by atoms with Gasteiger partial charge in [0.15, 0.2) is 0 Å². The van der Waals surface area contributed by atoms with E-state index in [2.05, 4.69) is 31.6 Å². The maximum absolute atomic E-state index is 13.3. The summed E-state index contributed by atoms with van der Waals surface area (Å²) in [6.07, 6.45) is 4.33. The minimum Gasteiger partial charge on any atom is -0.335 e. The zero-order valence-corrected chi connectivity index (χ0v) is 17.5. The lowest BCUT2D eigenvalue weighted by molar-refractivity contribution is 0.0614. The van der Waals surface area contributed by atoms with Gasteiger partial charge in [-0.15, -0.1) is 0 Å². The first-order valence-corrected chi connectivity index (χ1v) is 11.3. The minimum absolute atomic E-state index is 0.108. The van der Waals surface area contributed by atoms with Crippen molar-refractivity contribution < 1.29 is 9.18 Å². The number of rotatable bonds is 4. The Morgan fingerprint density at radius 1 is 1.10 bits per heavy atom. The average Bonchev–Trinajstić information content (AvgIpc) is 3.43. The second kappa shape index (κ2) is 8.28. The summed E-state index contributed by atoms with van der Waals surface area (Å²) in [5, 5.41) is 4.35. The number of carbonyl (C=O) groups is 1. The van der Waals surface area contributed by atoms with Crippen molar-refractivity contribution in [2.24, 2.45) is 5.92 Å². The molecule has 2 aliphatic heterocycles. The van der Waals surface area contributed by atoms with Crippen LogP contribution < -0.4 is 0 Å². The molecule has 1 aromatic carbocycles. The maximum Gasteiger partial charge on any atom is 0.254 e. The fraction of sp³-hybridized carbons (Fsp3) is 0.333. The molecular formula is C24H24FN3OS. The van der Waals surface area contributed by atoms with E-state index < -0.39 is 0 Å². The Balaban J connectivity index is 1.38. The van der Waals surface area contributed by atoms with Crippen molar-refractivity contribution in [1.29, 1.82) is 0 Å². The van der Waals surface area contributed by atoms with Gasteiger partial charge in [0.2, 0.25) is 0 Å². The molecule has 30 heavy (non-hydrogen) atoms. The van der Waals surface area contributed by atoms with Gasteiger partial charge in [-0.05, 0) is 58.6 Å². The minimum atomic E-state index is -0.198. The van der Waals surface area contributed by atoms with Gasteiger partial charge in [-0.2, -0.15) is 11.3 Å². The number of hydrogen-bond donors (Lipinski definition) is 0. The molecule has 0 aliphatic carbocycles. The molecule has 2 aliphatic rings. The molecule has 0 unspecified atom stereocenters. The van der Waals surface area contributed by atoms with Gasteiger partial charge >= 0.3 is 0 Å². The zero-order chi connectivity index (χ0) is 20.5. The monoisotopic (exact) mass is 421 g/mol. The van der Waals surface area contributed by atoms with Crippen LogP contribution in [0.2, 0.25) is 0 Å². The van der Waals surface area contributed by atoms with Crippen molar-refractivity contribution in [1.82, 2.24) is 14.8 Å². The first-order valence-electron chi connectivity index (χ1n) is 10.4. The largest absolute Gasteiger partial charge is 0.335 e. The third-order valence-corrected chi connectivity index (χ3v) is 7.20. The number of amides is 1. The first-order chi connectivity index (χ1) is 14.7. The molecule has 4 heterocycles. The van der Waals surface area contributed by atoms with E-state index in [1.54, 1.807) is 35.9 Å². The second-order valence-electron chi connectivity index (χ2n) is 8.24. The van der Waals surface area contributed by atoms with Crippen LogP contribution in [0.5, 0.6) is 0 Å². The van der Waals surface area contributed by atoms with Crippen LogP contribution in [0.15, 0.2) is 65.6 Å². The third-order valence-electron chi connectivity index (χ3n) is 6.49. The molecule has 0 radical (unpaired) electrons. The third kappa shape index (κ3) is 3.77. The highest BCUT2D eigenvalue weighted by Crippen LogP contribution is 2.42. The molecule has 0 bridgehead atoms. The van der Waals surface area contributed by atoms with Crippen molar-refractivity contribution in [2.45, 2.75) is 24.9 Å². The van der Waals surface area contributed by atoms with E-state index in [4.69, 9.17) is 0 Å². The van der Waals surface area contributed by atoms with E-state index in [1.165, 1.54) is 17.7 Å². The van der Waals surface area contributed by atoms with E-state index in [1.807, 2.05) is 12.1 Å². The Morgan fingerprint density at radius 3 is 2.63 bits per heavy atom. The summed E-state index contributed by atoms with van der Waals surface area (Å²) in [6, 6.07) is 12.9. The molecule has 1 amide bonds. The molecule has 2 fully saturated rings. The van der Waals surface area contributed by atoms with Gasteiger partial charge in [0.05, 0.1) is 0 Å². The van der Waals surface area contributed by atoms with Crippen LogP contribution in [0.4, 0.5) is 4.39 Å². The fourth-order valence-corrected chi connectivity index (χ4v) is 5.75. The number of fused-ring (bicyclic) bond motifs is 1. The molecule has 4 nitrogen and oxygen atoms in total. The van der Waals surface area contributed by atoms with Gasteiger partial charge in [0.1, 0.15) is 5.82 Å². The molecule has 0 saturated carbocycles. The lowest BCUT2D eigenvalue weighted by Gasteiger charge is -2.39. The van der Waals surface area contributed by atoms with Gasteiger partial charge in [0.25, 0.3) is 5.91 Å². The standard InChI is InChI=1S/C24H24FN3OS/c25-20-3-1-17(2-4-20)13-27-11-7-23-22(14-27)21(19-8-12-30-16-19)15-28(23)24(29)18-5-9-26-10-6-18/h1-6,8-10,12,16,21-23H,7,11,13-15H2/t21-,22-,23-/m0/s1. The van der Waals surface area contributed by atoms with Crippen LogP contribution >= 0.6 is 11.3 Å². The van der Waals surface area contributed by atoms with Gasteiger partial charge < -0.3 is 4.90 Å². The maximum atomic E-state index is 13.3. The Morgan fingerprint density at radius 2 is 1.90 bits per heavy atom. The number of pyridine rings is 1. The van der Waals surface area contributed by atoms with Crippen LogP contribution in [-0.4, -0.2) is 46.4 Å². The highest BCUT2D eigenvalue weighted by Gasteiger charge is 2.47. The number of hydrogen-bond acceptors (Lipinski definition) is 4. The van der Waals surface area contributed by atoms with E-state index in [0.717, 1.165) is 38.2 Å². The average molecular weight is 422 g/mol. The number of thiophene rings is 1. The quantitative estimate of drug-likeness (QED) is 0.626. The Hall–Kier alpha value is -2.57. The molecule has 0 spiro atoms. The van der Waals surface area contributed by atoms with Crippen LogP contribution in [0.25, 0.3) is 0 Å². The summed E-state index contributed by atoms with van der Waals surface area (Å²) >= 11 is 1.72. The van der Waals surface area contributed by atoms with Crippen molar-refractivity contribution in [3.63, 3.8) is 0 Å². The molecule has 3 aromatic rings. The van der Waals surface area contributed by atoms with Crippen molar-refractivity contribution >= 4 is 17.2 Å². The van der Waals surface area contributed by atoms with Gasteiger partial charge in [-0.25, -0.2) is 4.39 Å². The van der Waals surface area contributed by atoms with Crippen LogP contribution in [0.1, 0.15) is 33.8 Å². The normalized spacial score (nSPS) is 24.0. The topological polar surface area (TPSA) is 36.4 Å². The molecule has 6 heteroatoms. The van der Waals surface area contributed by atoms with Crippen LogP contribution in [0, 0.1) is 11.7 Å². The predicted molar refractivity (Wildman–Crippen MR) is 116 cm³/mol. The summed E-state index contributed by atoms with van der Waals surface area (Å²) in [4.78, 5) is 21.9. The Bertz CT molecular complexity index is 993. The van der Waals surface area contributed by atoms with Crippen molar-refractivity contribution in [3.8, 4) is 0 Å².